The van der Waals surface area contributed by atoms with Crippen molar-refractivity contribution in [1.29, 1.82) is 0 Å². The van der Waals surface area contributed by atoms with Crippen LogP contribution < -0.4 is 10.2 Å². The fourth-order valence-electron chi connectivity index (χ4n) is 3.36. The van der Waals surface area contributed by atoms with E-state index in [1.165, 1.54) is 0 Å². The number of H-pyrrole nitrogens is 1. The van der Waals surface area contributed by atoms with E-state index < -0.39 is 23.5 Å². The number of halogens is 4. The maximum Gasteiger partial charge on any atom is 0.419 e. The van der Waals surface area contributed by atoms with Gasteiger partial charge in [0.05, 0.1) is 17.0 Å². The van der Waals surface area contributed by atoms with Crippen molar-refractivity contribution in [3.05, 3.63) is 65.7 Å². The monoisotopic (exact) mass is 419 g/mol. The zero-order valence-corrected chi connectivity index (χ0v) is 15.6. The fourth-order valence-corrected chi connectivity index (χ4v) is 3.36. The van der Waals surface area contributed by atoms with Crippen molar-refractivity contribution >= 4 is 11.9 Å². The molecule has 1 aliphatic heterocycles. The van der Waals surface area contributed by atoms with Crippen molar-refractivity contribution in [2.24, 2.45) is 0 Å². The average molecular weight is 419 g/mol. The van der Waals surface area contributed by atoms with Crippen LogP contribution in [0.1, 0.15) is 22.3 Å². The van der Waals surface area contributed by atoms with E-state index in [9.17, 15) is 22.4 Å². The van der Waals surface area contributed by atoms with E-state index in [-0.39, 0.29) is 11.6 Å². The maximum absolute atomic E-state index is 13.7. The lowest BCUT2D eigenvalue weighted by molar-refractivity contribution is -0.140. The minimum Gasteiger partial charge on any atom is -0.360 e. The van der Waals surface area contributed by atoms with Gasteiger partial charge in [0.15, 0.2) is 0 Å². The van der Waals surface area contributed by atoms with Gasteiger partial charge < -0.3 is 15.2 Å². The summed E-state index contributed by atoms with van der Waals surface area (Å²) >= 11 is 0. The summed E-state index contributed by atoms with van der Waals surface area (Å²) in [6.07, 6.45) is -0.761. The number of anilines is 1. The molecule has 1 saturated heterocycles. The summed E-state index contributed by atoms with van der Waals surface area (Å²) in [5.41, 5.74) is 0.0267. The molecular weight excluding hydrogens is 402 g/mol. The molecule has 30 heavy (non-hydrogen) atoms. The Morgan fingerprint density at radius 2 is 2.07 bits per heavy atom. The second kappa shape index (κ2) is 7.77. The van der Waals surface area contributed by atoms with Crippen LogP contribution in [-0.4, -0.2) is 40.0 Å². The molecule has 3 aromatic rings. The van der Waals surface area contributed by atoms with E-state index in [1.54, 1.807) is 18.5 Å². The van der Waals surface area contributed by atoms with Crippen LogP contribution in [0, 0.1) is 5.82 Å². The van der Waals surface area contributed by atoms with Gasteiger partial charge in [-0.3, -0.25) is 4.79 Å². The number of aromatic amines is 1. The van der Waals surface area contributed by atoms with Gasteiger partial charge in [-0.1, -0.05) is 0 Å². The van der Waals surface area contributed by atoms with E-state index in [1.807, 2.05) is 17.0 Å². The van der Waals surface area contributed by atoms with Crippen LogP contribution in [0.2, 0.25) is 0 Å². The number of nitrogens with zero attached hydrogens (tertiary/aromatic N) is 3. The first-order valence-electron chi connectivity index (χ1n) is 9.20. The quantitative estimate of drug-likeness (QED) is 0.634. The highest BCUT2D eigenvalue weighted by Gasteiger charge is 2.34. The molecule has 6 nitrogen and oxygen atoms in total. The lowest BCUT2D eigenvalue weighted by Crippen LogP contribution is -2.37. The SMILES string of the molecule is O=C(NC1CCN(c2nccc(-c3ccc[nH]3)n2)C1)c1ccc(C(F)(F)F)c(F)c1. The molecule has 0 radical (unpaired) electrons. The highest BCUT2D eigenvalue weighted by molar-refractivity contribution is 5.94. The van der Waals surface area contributed by atoms with Crippen LogP contribution in [0.3, 0.4) is 0 Å². The molecule has 0 spiro atoms. The van der Waals surface area contributed by atoms with E-state index in [4.69, 9.17) is 0 Å². The lowest BCUT2D eigenvalue weighted by Gasteiger charge is -2.17. The Hall–Kier alpha value is -3.43. The molecule has 1 aromatic carbocycles. The predicted octanol–water partition coefficient (Wildman–Crippen LogP) is 3.64. The third-order valence-corrected chi connectivity index (χ3v) is 4.86. The molecule has 0 saturated carbocycles. The Kier molecular flexibility index (Phi) is 5.15. The second-order valence-electron chi connectivity index (χ2n) is 6.92. The van der Waals surface area contributed by atoms with E-state index >= 15 is 0 Å². The maximum atomic E-state index is 13.7. The smallest absolute Gasteiger partial charge is 0.360 e. The predicted molar refractivity (Wildman–Crippen MR) is 101 cm³/mol. The number of alkyl halides is 3. The molecule has 4 rings (SSSR count). The first-order chi connectivity index (χ1) is 14.3. The van der Waals surface area contributed by atoms with Crippen molar-refractivity contribution in [2.75, 3.05) is 18.0 Å². The molecule has 1 fully saturated rings. The lowest BCUT2D eigenvalue weighted by atomic mass is 10.1. The first-order valence-corrected chi connectivity index (χ1v) is 9.20. The fraction of sp³-hybridized carbons (Fsp3) is 0.250. The van der Waals surface area contributed by atoms with Gasteiger partial charge in [-0.05, 0) is 42.8 Å². The van der Waals surface area contributed by atoms with Gasteiger partial charge in [0.1, 0.15) is 5.82 Å². The van der Waals surface area contributed by atoms with Crippen molar-refractivity contribution in [3.63, 3.8) is 0 Å². The topological polar surface area (TPSA) is 73.9 Å². The van der Waals surface area contributed by atoms with E-state index in [0.29, 0.717) is 37.6 Å². The van der Waals surface area contributed by atoms with Crippen molar-refractivity contribution in [1.82, 2.24) is 20.3 Å². The van der Waals surface area contributed by atoms with Gasteiger partial charge in [0.25, 0.3) is 5.91 Å². The molecule has 1 aliphatic rings. The molecule has 1 unspecified atom stereocenters. The summed E-state index contributed by atoms with van der Waals surface area (Å²) in [6.45, 7) is 1.03. The molecule has 0 aliphatic carbocycles. The van der Waals surface area contributed by atoms with Crippen molar-refractivity contribution < 1.29 is 22.4 Å². The van der Waals surface area contributed by atoms with Crippen LogP contribution >= 0.6 is 0 Å². The van der Waals surface area contributed by atoms with Crippen LogP contribution in [0.25, 0.3) is 11.4 Å². The largest absolute Gasteiger partial charge is 0.419 e. The molecular formula is C20H17F4N5O. The zero-order valence-electron chi connectivity index (χ0n) is 15.6. The normalized spacial score (nSPS) is 16.7. The van der Waals surface area contributed by atoms with Gasteiger partial charge >= 0.3 is 6.18 Å². The number of rotatable bonds is 4. The molecule has 1 atom stereocenters. The molecule has 2 N–H and O–H groups in total. The van der Waals surface area contributed by atoms with Gasteiger partial charge in [0.2, 0.25) is 5.95 Å². The molecule has 1 amide bonds. The van der Waals surface area contributed by atoms with Gasteiger partial charge in [-0.2, -0.15) is 13.2 Å². The minimum absolute atomic E-state index is 0.163. The summed E-state index contributed by atoms with van der Waals surface area (Å²) in [5, 5.41) is 2.73. The minimum atomic E-state index is -4.81. The summed E-state index contributed by atoms with van der Waals surface area (Å²) in [7, 11) is 0. The van der Waals surface area contributed by atoms with E-state index in [0.717, 1.165) is 17.5 Å². The number of aromatic nitrogens is 3. The number of carbonyl (C=O) groups is 1. The van der Waals surface area contributed by atoms with E-state index in [2.05, 4.69) is 20.3 Å². The highest BCUT2D eigenvalue weighted by atomic mass is 19.4. The Morgan fingerprint density at radius 3 is 2.77 bits per heavy atom. The number of carbonyl (C=O) groups excluding carboxylic acids is 1. The molecule has 156 valence electrons. The summed E-state index contributed by atoms with van der Waals surface area (Å²) in [5.74, 6) is -1.59. The molecule has 2 aromatic heterocycles. The highest BCUT2D eigenvalue weighted by Crippen LogP contribution is 2.31. The summed E-state index contributed by atoms with van der Waals surface area (Å²) in [4.78, 5) is 26.1. The Morgan fingerprint density at radius 1 is 1.23 bits per heavy atom. The average Bonchev–Trinajstić information content (AvgIpc) is 3.39. The number of benzene rings is 1. The molecule has 10 heteroatoms. The first kappa shape index (κ1) is 19.9. The van der Waals surface area contributed by atoms with Crippen LogP contribution in [0.5, 0.6) is 0 Å². The standard InChI is InChI=1S/C20H17F4N5O/c21-15-10-12(3-4-14(15)20(22,23)24)18(30)27-13-6-9-29(11-13)19-26-8-5-17(28-19)16-2-1-7-25-16/h1-5,7-8,10,13,25H,6,9,11H2,(H,27,30). The van der Waals surface area contributed by atoms with Crippen LogP contribution in [-0.2, 0) is 6.18 Å². The second-order valence-corrected chi connectivity index (χ2v) is 6.92. The molecule has 0 bridgehead atoms. The van der Waals surface area contributed by atoms with Crippen molar-refractivity contribution in [3.8, 4) is 11.4 Å². The number of hydrogen-bond donors (Lipinski definition) is 2. The Bertz CT molecular complexity index is 1050. The Labute approximate surface area is 169 Å². The molecule has 3 heterocycles. The van der Waals surface area contributed by atoms with Crippen LogP contribution in [0.15, 0.2) is 48.8 Å². The number of hydrogen-bond acceptors (Lipinski definition) is 4. The van der Waals surface area contributed by atoms with Gasteiger partial charge in [-0.15, -0.1) is 0 Å². The Balaban J connectivity index is 1.41. The third-order valence-electron chi connectivity index (χ3n) is 4.86. The third kappa shape index (κ3) is 4.12. The van der Waals surface area contributed by atoms with Crippen molar-refractivity contribution in [2.45, 2.75) is 18.6 Å². The number of amides is 1. The zero-order chi connectivity index (χ0) is 21.3. The van der Waals surface area contributed by atoms with Crippen LogP contribution in [0.4, 0.5) is 23.5 Å². The number of nitrogens with one attached hydrogen (secondary N) is 2. The summed E-state index contributed by atoms with van der Waals surface area (Å²) in [6, 6.07) is 7.42. The van der Waals surface area contributed by atoms with Gasteiger partial charge in [-0.25, -0.2) is 14.4 Å². The van der Waals surface area contributed by atoms with Gasteiger partial charge in [0, 0.05) is 37.1 Å². The summed E-state index contributed by atoms with van der Waals surface area (Å²) < 4.78 is 51.7.